The smallest absolute Gasteiger partial charge is 0.363 e. The van der Waals surface area contributed by atoms with Gasteiger partial charge < -0.3 is 15.7 Å². The highest BCUT2D eigenvalue weighted by molar-refractivity contribution is 9.10. The van der Waals surface area contributed by atoms with Gasteiger partial charge in [0, 0.05) is 22.4 Å². The third kappa shape index (κ3) is 3.54. The molecule has 2 aromatic rings. The topological polar surface area (TPSA) is 91.3 Å². The summed E-state index contributed by atoms with van der Waals surface area (Å²) in [7, 11) is 0. The van der Waals surface area contributed by atoms with Crippen molar-refractivity contribution in [1.82, 2.24) is 15.6 Å². The van der Waals surface area contributed by atoms with E-state index in [-0.39, 0.29) is 11.1 Å². The number of nitrogens with zero attached hydrogens (tertiary/aromatic N) is 1. The van der Waals surface area contributed by atoms with Crippen LogP contribution in [0.4, 0.5) is 18.0 Å². The highest BCUT2D eigenvalue weighted by atomic mass is 79.9. The number of benzene rings is 1. The zero-order valence-corrected chi connectivity index (χ0v) is 15.1. The molecule has 2 heterocycles. The van der Waals surface area contributed by atoms with Crippen molar-refractivity contribution >= 4 is 27.7 Å². The first-order chi connectivity index (χ1) is 12.6. The van der Waals surface area contributed by atoms with E-state index in [1.807, 2.05) is 0 Å². The van der Waals surface area contributed by atoms with Gasteiger partial charge in [-0.1, -0.05) is 28.1 Å². The minimum absolute atomic E-state index is 0.122. The number of urea groups is 1. The van der Waals surface area contributed by atoms with E-state index in [0.717, 1.165) is 6.20 Å². The largest absolute Gasteiger partial charge is 0.437 e. The molecule has 3 atom stereocenters. The van der Waals surface area contributed by atoms with Crippen molar-refractivity contribution in [2.45, 2.75) is 17.9 Å². The monoisotopic (exact) mass is 443 g/mol. The molecule has 1 saturated heterocycles. The third-order valence-corrected chi connectivity index (χ3v) is 4.74. The van der Waals surface area contributed by atoms with Crippen molar-refractivity contribution in [3.8, 4) is 0 Å². The molecule has 0 radical (unpaired) electrons. The van der Waals surface area contributed by atoms with Crippen molar-refractivity contribution in [3.05, 3.63) is 64.4 Å². The lowest BCUT2D eigenvalue weighted by Crippen LogP contribution is -2.72. The average Bonchev–Trinajstić information content (AvgIpc) is 2.60. The normalized spacial score (nSPS) is 25.4. The van der Waals surface area contributed by atoms with Gasteiger partial charge in [0.2, 0.25) is 5.72 Å². The van der Waals surface area contributed by atoms with Gasteiger partial charge in [-0.3, -0.25) is 9.78 Å². The molecule has 2 amide bonds. The summed E-state index contributed by atoms with van der Waals surface area (Å²) in [6.07, 6.45) is -2.83. The van der Waals surface area contributed by atoms with Crippen molar-refractivity contribution < 1.29 is 27.9 Å². The third-order valence-electron chi connectivity index (χ3n) is 4.24. The van der Waals surface area contributed by atoms with Crippen LogP contribution in [-0.2, 0) is 0 Å². The first kappa shape index (κ1) is 19.3. The average molecular weight is 444 g/mol. The number of hydrogen-bond donors (Lipinski definition) is 3. The van der Waals surface area contributed by atoms with Gasteiger partial charge in [-0.15, -0.1) is 0 Å². The number of alkyl halides is 3. The number of ketones is 1. The Balaban J connectivity index is 2.17. The van der Waals surface area contributed by atoms with Crippen LogP contribution in [0.3, 0.4) is 0 Å². The minimum Gasteiger partial charge on any atom is -0.363 e. The molecule has 1 aliphatic rings. The zero-order chi connectivity index (χ0) is 19.8. The van der Waals surface area contributed by atoms with Gasteiger partial charge in [-0.05, 0) is 29.8 Å². The van der Waals surface area contributed by atoms with Crippen LogP contribution in [0.25, 0.3) is 0 Å². The number of halogens is 4. The maximum atomic E-state index is 13.7. The van der Waals surface area contributed by atoms with E-state index in [1.54, 1.807) is 12.1 Å². The predicted molar refractivity (Wildman–Crippen MR) is 91.6 cm³/mol. The Hall–Kier alpha value is -2.46. The van der Waals surface area contributed by atoms with Crippen LogP contribution < -0.4 is 10.6 Å². The molecule has 3 N–H and O–H groups in total. The second-order valence-corrected chi connectivity index (χ2v) is 6.89. The van der Waals surface area contributed by atoms with E-state index in [0.29, 0.717) is 4.47 Å². The molecule has 0 spiro atoms. The summed E-state index contributed by atoms with van der Waals surface area (Å²) in [6, 6.07) is 6.14. The number of Topliss-reactive ketones (excluding diaryl/α,β-unsaturated/α-hetero) is 1. The quantitative estimate of drug-likeness (QED) is 0.636. The molecule has 10 heteroatoms. The van der Waals surface area contributed by atoms with Crippen molar-refractivity contribution in [3.63, 3.8) is 0 Å². The van der Waals surface area contributed by atoms with Gasteiger partial charge in [0.15, 0.2) is 5.78 Å². The Morgan fingerprint density at radius 2 is 2.00 bits per heavy atom. The molecule has 0 aliphatic carbocycles. The molecule has 1 aromatic heterocycles. The minimum atomic E-state index is -5.29. The van der Waals surface area contributed by atoms with Crippen LogP contribution in [0.1, 0.15) is 22.0 Å². The highest BCUT2D eigenvalue weighted by Crippen LogP contribution is 2.44. The van der Waals surface area contributed by atoms with E-state index in [2.05, 4.69) is 26.2 Å². The molecule has 1 aromatic carbocycles. The number of carbonyl (C=O) groups excluding carboxylic acids is 2. The number of hydrogen-bond acceptors (Lipinski definition) is 4. The van der Waals surface area contributed by atoms with E-state index in [4.69, 9.17) is 0 Å². The lowest BCUT2D eigenvalue weighted by atomic mass is 9.77. The maximum Gasteiger partial charge on any atom is 0.437 e. The molecular formula is C17H13BrF3N3O3. The molecular weight excluding hydrogens is 431 g/mol. The van der Waals surface area contributed by atoms with E-state index >= 15 is 0 Å². The summed E-state index contributed by atoms with van der Waals surface area (Å²) in [5, 5.41) is 14.2. The standard InChI is InChI=1S/C17H13BrF3N3O3/c18-11-5-1-3-9(7-11)13-12(14(25)10-4-2-6-22-8-10)16(27,17(19,20)21)24-15(26)23-13/h1-8,12-13,27H,(H2,23,24,26). The molecule has 3 rings (SSSR count). The van der Waals surface area contributed by atoms with Gasteiger partial charge in [-0.2, -0.15) is 13.2 Å². The van der Waals surface area contributed by atoms with E-state index in [1.165, 1.54) is 35.8 Å². The number of rotatable bonds is 3. The van der Waals surface area contributed by atoms with Gasteiger partial charge in [0.05, 0.1) is 6.04 Å². The second kappa shape index (κ2) is 6.93. The van der Waals surface area contributed by atoms with E-state index in [9.17, 15) is 27.9 Å². The first-order valence-corrected chi connectivity index (χ1v) is 8.50. The molecule has 142 valence electrons. The molecule has 0 bridgehead atoms. The number of aliphatic hydroxyl groups is 1. The van der Waals surface area contributed by atoms with Crippen LogP contribution in [0, 0.1) is 5.92 Å². The Kier molecular flexibility index (Phi) is 4.96. The summed E-state index contributed by atoms with van der Waals surface area (Å²) >= 11 is 3.21. The van der Waals surface area contributed by atoms with Crippen LogP contribution in [-0.4, -0.2) is 33.8 Å². The number of aromatic nitrogens is 1. The fourth-order valence-corrected chi connectivity index (χ4v) is 3.42. The molecule has 6 nitrogen and oxygen atoms in total. The van der Waals surface area contributed by atoms with Gasteiger partial charge in [-0.25, -0.2) is 4.79 Å². The molecule has 1 fully saturated rings. The number of pyridine rings is 1. The molecule has 27 heavy (non-hydrogen) atoms. The summed E-state index contributed by atoms with van der Waals surface area (Å²) < 4.78 is 41.7. The van der Waals surface area contributed by atoms with Crippen LogP contribution in [0.15, 0.2) is 53.3 Å². The molecule has 0 saturated carbocycles. The summed E-state index contributed by atoms with van der Waals surface area (Å²) in [6.45, 7) is 0. The lowest BCUT2D eigenvalue weighted by molar-refractivity contribution is -0.287. The van der Waals surface area contributed by atoms with Crippen LogP contribution >= 0.6 is 15.9 Å². The van der Waals surface area contributed by atoms with Crippen molar-refractivity contribution in [2.75, 3.05) is 0 Å². The second-order valence-electron chi connectivity index (χ2n) is 5.98. The predicted octanol–water partition coefficient (Wildman–Crippen LogP) is 2.95. The summed E-state index contributed by atoms with van der Waals surface area (Å²) in [4.78, 5) is 28.6. The Morgan fingerprint density at radius 1 is 1.26 bits per heavy atom. The molecule has 3 unspecified atom stereocenters. The van der Waals surface area contributed by atoms with Crippen LogP contribution in [0.2, 0.25) is 0 Å². The first-order valence-electron chi connectivity index (χ1n) is 7.71. The summed E-state index contributed by atoms with van der Waals surface area (Å²) in [5.74, 6) is -3.09. The van der Waals surface area contributed by atoms with E-state index < -0.39 is 35.7 Å². The Morgan fingerprint density at radius 3 is 2.59 bits per heavy atom. The van der Waals surface area contributed by atoms with Crippen LogP contribution in [0.5, 0.6) is 0 Å². The highest BCUT2D eigenvalue weighted by Gasteiger charge is 2.66. The fraction of sp³-hybridized carbons (Fsp3) is 0.235. The number of carbonyl (C=O) groups is 2. The summed E-state index contributed by atoms with van der Waals surface area (Å²) in [5.41, 5.74) is -3.65. The number of amides is 2. The lowest BCUT2D eigenvalue weighted by Gasteiger charge is -2.45. The van der Waals surface area contributed by atoms with Crippen molar-refractivity contribution in [1.29, 1.82) is 0 Å². The fourth-order valence-electron chi connectivity index (χ4n) is 3.00. The molecule has 1 aliphatic heterocycles. The zero-order valence-electron chi connectivity index (χ0n) is 13.5. The maximum absolute atomic E-state index is 13.7. The van der Waals surface area contributed by atoms with Gasteiger partial charge >= 0.3 is 12.2 Å². The number of nitrogens with one attached hydrogen (secondary N) is 2. The Bertz CT molecular complexity index is 878. The SMILES string of the molecule is O=C1NC(c2cccc(Br)c2)C(C(=O)c2cccnc2)C(O)(C(F)(F)F)N1. The van der Waals surface area contributed by atoms with Gasteiger partial charge in [0.1, 0.15) is 5.92 Å². The Labute approximate surface area is 159 Å². The van der Waals surface area contributed by atoms with Crippen molar-refractivity contribution in [2.24, 2.45) is 5.92 Å². The van der Waals surface area contributed by atoms with Gasteiger partial charge in [0.25, 0.3) is 0 Å².